The molecule has 3 rings (SSSR count). The maximum atomic E-state index is 12.3. The number of nitrogens with zero attached hydrogens (tertiary/aromatic N) is 5. The molecule has 0 bridgehead atoms. The summed E-state index contributed by atoms with van der Waals surface area (Å²) in [6.45, 7) is 1.83. The molecular weight excluding hydrogens is 356 g/mol. The first-order valence-corrected chi connectivity index (χ1v) is 8.23. The van der Waals surface area contributed by atoms with E-state index >= 15 is 0 Å². The molecule has 1 N–H and O–H groups in total. The van der Waals surface area contributed by atoms with Gasteiger partial charge in [-0.2, -0.15) is 0 Å². The fourth-order valence-corrected chi connectivity index (χ4v) is 2.76. The van der Waals surface area contributed by atoms with Crippen LogP contribution < -0.4 is 10.2 Å². The second-order valence-electron chi connectivity index (χ2n) is 5.98. The maximum absolute atomic E-state index is 12.3. The third-order valence-electron chi connectivity index (χ3n) is 4.11. The first-order chi connectivity index (χ1) is 12.9. The van der Waals surface area contributed by atoms with Crippen molar-refractivity contribution < 1.29 is 14.6 Å². The van der Waals surface area contributed by atoms with Crippen LogP contribution in [0, 0.1) is 20.2 Å². The molecular formula is C16H16N6O5. The van der Waals surface area contributed by atoms with Crippen LogP contribution in [0.15, 0.2) is 30.5 Å². The van der Waals surface area contributed by atoms with Gasteiger partial charge in [-0.15, -0.1) is 0 Å². The first-order valence-electron chi connectivity index (χ1n) is 8.23. The number of anilines is 1. The van der Waals surface area contributed by atoms with Crippen molar-refractivity contribution in [3.8, 4) is 0 Å². The van der Waals surface area contributed by atoms with Crippen molar-refractivity contribution in [3.05, 3.63) is 61.9 Å². The van der Waals surface area contributed by atoms with Gasteiger partial charge in [0.25, 0.3) is 17.3 Å². The lowest BCUT2D eigenvalue weighted by Gasteiger charge is -2.15. The van der Waals surface area contributed by atoms with Gasteiger partial charge in [-0.25, -0.2) is 9.97 Å². The third-order valence-corrected chi connectivity index (χ3v) is 4.11. The second-order valence-corrected chi connectivity index (χ2v) is 5.98. The minimum absolute atomic E-state index is 0.0681. The molecule has 11 heteroatoms. The Kier molecular flexibility index (Phi) is 5.20. The molecule has 1 amide bonds. The maximum Gasteiger partial charge on any atom is 0.277 e. The Hall–Kier alpha value is -3.63. The van der Waals surface area contributed by atoms with Crippen LogP contribution in [0.1, 0.15) is 28.9 Å². The highest BCUT2D eigenvalue weighted by atomic mass is 16.6. The molecule has 0 aliphatic carbocycles. The second kappa shape index (κ2) is 7.72. The van der Waals surface area contributed by atoms with Gasteiger partial charge in [0, 0.05) is 31.4 Å². The number of hydrogen-bond donors (Lipinski definition) is 1. The molecule has 1 aliphatic heterocycles. The molecule has 11 nitrogen and oxygen atoms in total. The van der Waals surface area contributed by atoms with Gasteiger partial charge in [-0.1, -0.05) is 0 Å². The standard InChI is InChI=1S/C16H16N6O5/c23-15(11-7-13(21(24)25)9-14(8-11)22(26)27)18-10-12-3-4-17-16(19-12)20-5-1-2-6-20/h3-4,7-9H,1-2,5-6,10H2,(H,18,23). The molecule has 140 valence electrons. The molecule has 0 radical (unpaired) electrons. The lowest BCUT2D eigenvalue weighted by molar-refractivity contribution is -0.394. The van der Waals surface area contributed by atoms with E-state index in [1.54, 1.807) is 12.3 Å². The zero-order valence-electron chi connectivity index (χ0n) is 14.2. The van der Waals surface area contributed by atoms with Crippen molar-refractivity contribution >= 4 is 23.2 Å². The molecule has 2 heterocycles. The summed E-state index contributed by atoms with van der Waals surface area (Å²) in [4.78, 5) is 43.2. The summed E-state index contributed by atoms with van der Waals surface area (Å²) >= 11 is 0. The SMILES string of the molecule is O=C(NCc1ccnc(N2CCCC2)n1)c1cc([N+](=O)[O-])cc([N+](=O)[O-])c1. The van der Waals surface area contributed by atoms with Crippen molar-refractivity contribution in [1.82, 2.24) is 15.3 Å². The van der Waals surface area contributed by atoms with E-state index in [4.69, 9.17) is 0 Å². The summed E-state index contributed by atoms with van der Waals surface area (Å²) in [5.41, 5.74) is -0.634. The van der Waals surface area contributed by atoms with E-state index in [-0.39, 0.29) is 12.1 Å². The molecule has 1 fully saturated rings. The van der Waals surface area contributed by atoms with Crippen LogP contribution in [-0.4, -0.2) is 38.8 Å². The van der Waals surface area contributed by atoms with E-state index in [0.29, 0.717) is 11.6 Å². The Labute approximate surface area is 153 Å². The van der Waals surface area contributed by atoms with Gasteiger partial charge >= 0.3 is 0 Å². The zero-order chi connectivity index (χ0) is 19.4. The van der Waals surface area contributed by atoms with Crippen LogP contribution in [-0.2, 0) is 6.54 Å². The minimum Gasteiger partial charge on any atom is -0.346 e. The van der Waals surface area contributed by atoms with Crippen LogP contribution in [0.25, 0.3) is 0 Å². The Balaban J connectivity index is 1.73. The summed E-state index contributed by atoms with van der Waals surface area (Å²) < 4.78 is 0. The number of non-ortho nitro benzene ring substituents is 2. The van der Waals surface area contributed by atoms with E-state index in [2.05, 4.69) is 20.2 Å². The fourth-order valence-electron chi connectivity index (χ4n) is 2.76. The van der Waals surface area contributed by atoms with Crippen molar-refractivity contribution in [2.75, 3.05) is 18.0 Å². The number of benzene rings is 1. The van der Waals surface area contributed by atoms with Gasteiger partial charge in [0.05, 0.1) is 33.7 Å². The molecule has 1 aliphatic rings. The van der Waals surface area contributed by atoms with Gasteiger partial charge in [-0.3, -0.25) is 25.0 Å². The number of amides is 1. The lowest BCUT2D eigenvalue weighted by Crippen LogP contribution is -2.25. The number of carbonyl (C=O) groups excluding carboxylic acids is 1. The zero-order valence-corrected chi connectivity index (χ0v) is 14.2. The molecule has 27 heavy (non-hydrogen) atoms. The van der Waals surface area contributed by atoms with Crippen LogP contribution in [0.5, 0.6) is 0 Å². The van der Waals surface area contributed by atoms with Crippen molar-refractivity contribution in [1.29, 1.82) is 0 Å². The number of nitro groups is 2. The van der Waals surface area contributed by atoms with Crippen molar-refractivity contribution in [3.63, 3.8) is 0 Å². The smallest absolute Gasteiger partial charge is 0.277 e. The molecule has 1 aromatic carbocycles. The number of rotatable bonds is 6. The topological polar surface area (TPSA) is 144 Å². The van der Waals surface area contributed by atoms with Crippen LogP contribution in [0.2, 0.25) is 0 Å². The molecule has 0 unspecified atom stereocenters. The van der Waals surface area contributed by atoms with Crippen molar-refractivity contribution in [2.45, 2.75) is 19.4 Å². The summed E-state index contributed by atoms with van der Waals surface area (Å²) in [6.07, 6.45) is 3.76. The molecule has 0 saturated carbocycles. The molecule has 0 atom stereocenters. The summed E-state index contributed by atoms with van der Waals surface area (Å²) in [7, 11) is 0. The van der Waals surface area contributed by atoms with Gasteiger partial charge in [0.2, 0.25) is 5.95 Å². The van der Waals surface area contributed by atoms with E-state index in [1.165, 1.54) is 0 Å². The number of nitrogens with one attached hydrogen (secondary N) is 1. The van der Waals surface area contributed by atoms with Crippen LogP contribution in [0.4, 0.5) is 17.3 Å². The van der Waals surface area contributed by atoms with Gasteiger partial charge < -0.3 is 10.2 Å². The van der Waals surface area contributed by atoms with Gasteiger partial charge in [0.15, 0.2) is 0 Å². The van der Waals surface area contributed by atoms with E-state index in [0.717, 1.165) is 44.1 Å². The normalized spacial score (nSPS) is 13.4. The highest BCUT2D eigenvalue weighted by Gasteiger charge is 2.20. The Morgan fingerprint density at radius 2 is 1.74 bits per heavy atom. The summed E-state index contributed by atoms with van der Waals surface area (Å²) in [5.74, 6) is -0.0756. The predicted molar refractivity (Wildman–Crippen MR) is 94.4 cm³/mol. The summed E-state index contributed by atoms with van der Waals surface area (Å²) in [6, 6.07) is 4.45. The number of carbonyl (C=O) groups is 1. The monoisotopic (exact) mass is 372 g/mol. The molecule has 1 saturated heterocycles. The van der Waals surface area contributed by atoms with E-state index in [9.17, 15) is 25.0 Å². The minimum atomic E-state index is -0.781. The van der Waals surface area contributed by atoms with Crippen LogP contribution >= 0.6 is 0 Å². The Bertz CT molecular complexity index is 864. The van der Waals surface area contributed by atoms with Crippen molar-refractivity contribution in [2.24, 2.45) is 0 Å². The average Bonchev–Trinajstić information content (AvgIpc) is 3.20. The Morgan fingerprint density at radius 3 is 2.33 bits per heavy atom. The number of nitro benzene ring substituents is 2. The highest BCUT2D eigenvalue weighted by molar-refractivity contribution is 5.95. The lowest BCUT2D eigenvalue weighted by atomic mass is 10.1. The summed E-state index contributed by atoms with van der Waals surface area (Å²) in [5, 5.41) is 24.4. The van der Waals surface area contributed by atoms with Gasteiger partial charge in [-0.05, 0) is 18.9 Å². The molecule has 2 aromatic rings. The van der Waals surface area contributed by atoms with E-state index < -0.39 is 27.1 Å². The first kappa shape index (κ1) is 18.2. The average molecular weight is 372 g/mol. The molecule has 1 aromatic heterocycles. The Morgan fingerprint density at radius 1 is 1.11 bits per heavy atom. The quantitative estimate of drug-likeness (QED) is 0.597. The van der Waals surface area contributed by atoms with Crippen LogP contribution in [0.3, 0.4) is 0 Å². The fraction of sp³-hybridized carbons (Fsp3) is 0.312. The highest BCUT2D eigenvalue weighted by Crippen LogP contribution is 2.22. The molecule has 0 spiro atoms. The predicted octanol–water partition coefficient (Wildman–Crippen LogP) is 1.82. The largest absolute Gasteiger partial charge is 0.346 e. The number of hydrogen-bond acceptors (Lipinski definition) is 8. The van der Waals surface area contributed by atoms with Gasteiger partial charge in [0.1, 0.15) is 0 Å². The van der Waals surface area contributed by atoms with E-state index in [1.807, 2.05) is 0 Å². The third kappa shape index (κ3) is 4.32. The number of aromatic nitrogens is 2.